The average molecular weight is 551 g/mol. The first-order valence-corrected chi connectivity index (χ1v) is 12.7. The van der Waals surface area contributed by atoms with E-state index in [0.29, 0.717) is 28.9 Å². The lowest BCUT2D eigenvalue weighted by Gasteiger charge is -2.13. The summed E-state index contributed by atoms with van der Waals surface area (Å²) in [5, 5.41) is 1.06. The number of ether oxygens (including phenoxy) is 1. The Hall–Kier alpha value is -2.94. The first-order valence-electron chi connectivity index (χ1n) is 10.7. The van der Waals surface area contributed by atoms with Crippen LogP contribution in [0, 0.1) is 0 Å². The van der Waals surface area contributed by atoms with E-state index >= 15 is 0 Å². The molecule has 1 fully saturated rings. The van der Waals surface area contributed by atoms with Gasteiger partial charge >= 0.3 is 0 Å². The number of aromatic nitrogens is 2. The van der Waals surface area contributed by atoms with E-state index in [2.05, 4.69) is 43.8 Å². The summed E-state index contributed by atoms with van der Waals surface area (Å²) in [5.74, 6) is 0.765. The van der Waals surface area contributed by atoms with Gasteiger partial charge in [0.15, 0.2) is 0 Å². The molecule has 0 unspecified atom stereocenters. The summed E-state index contributed by atoms with van der Waals surface area (Å²) in [4.78, 5) is 19.5. The minimum Gasteiger partial charge on any atom is -0.492 e. The molecule has 0 spiro atoms. The highest BCUT2D eigenvalue weighted by atomic mass is 79.9. The number of para-hydroxylation sites is 1. The molecule has 1 amide bonds. The van der Waals surface area contributed by atoms with Crippen molar-refractivity contribution >= 4 is 67.1 Å². The Kier molecular flexibility index (Phi) is 6.80. The zero-order chi connectivity index (χ0) is 23.5. The maximum atomic E-state index is 13.2. The number of thioether (sulfide) groups is 1. The first kappa shape index (κ1) is 22.8. The van der Waals surface area contributed by atoms with Gasteiger partial charge < -0.3 is 9.30 Å². The lowest BCUT2D eigenvalue weighted by molar-refractivity contribution is -0.122. The van der Waals surface area contributed by atoms with Crippen LogP contribution < -0.4 is 4.74 Å². The molecule has 2 aromatic carbocycles. The second kappa shape index (κ2) is 10.1. The van der Waals surface area contributed by atoms with Gasteiger partial charge in [-0.1, -0.05) is 64.2 Å². The number of amides is 1. The number of benzene rings is 2. The molecule has 4 aromatic rings. The van der Waals surface area contributed by atoms with E-state index in [-0.39, 0.29) is 5.91 Å². The van der Waals surface area contributed by atoms with E-state index in [1.165, 1.54) is 11.8 Å². The number of rotatable bonds is 7. The fraction of sp³-hybridized carbons (Fsp3) is 0.115. The summed E-state index contributed by atoms with van der Waals surface area (Å²) in [6.45, 7) is 1.64. The normalized spacial score (nSPS) is 15.0. The van der Waals surface area contributed by atoms with Crippen LogP contribution in [0.25, 0.3) is 17.0 Å². The second-order valence-electron chi connectivity index (χ2n) is 7.73. The number of fused-ring (bicyclic) bond motifs is 1. The first-order chi connectivity index (χ1) is 16.6. The molecule has 1 aliphatic rings. The van der Waals surface area contributed by atoms with Crippen molar-refractivity contribution in [2.45, 2.75) is 13.1 Å². The molecule has 0 radical (unpaired) electrons. The number of carbonyl (C=O) groups is 1. The van der Waals surface area contributed by atoms with Crippen LogP contribution in [0.1, 0.15) is 11.1 Å². The number of hydrogen-bond donors (Lipinski definition) is 0. The van der Waals surface area contributed by atoms with Crippen molar-refractivity contribution in [3.05, 3.63) is 99.8 Å². The van der Waals surface area contributed by atoms with E-state index in [0.717, 1.165) is 32.3 Å². The summed E-state index contributed by atoms with van der Waals surface area (Å²) in [7, 11) is 0. The van der Waals surface area contributed by atoms with Crippen molar-refractivity contribution in [1.29, 1.82) is 0 Å². The Labute approximate surface area is 215 Å². The van der Waals surface area contributed by atoms with Crippen LogP contribution in [0.4, 0.5) is 0 Å². The third kappa shape index (κ3) is 4.94. The van der Waals surface area contributed by atoms with Crippen LogP contribution in [0.3, 0.4) is 0 Å². The van der Waals surface area contributed by atoms with Gasteiger partial charge in [0, 0.05) is 39.5 Å². The van der Waals surface area contributed by atoms with Crippen molar-refractivity contribution in [2.75, 3.05) is 6.61 Å². The molecule has 1 aliphatic heterocycles. The Morgan fingerprint density at radius 1 is 1.12 bits per heavy atom. The summed E-state index contributed by atoms with van der Waals surface area (Å²) in [6, 6.07) is 19.8. The van der Waals surface area contributed by atoms with Gasteiger partial charge in [-0.15, -0.1) is 0 Å². The molecule has 3 heterocycles. The van der Waals surface area contributed by atoms with Crippen molar-refractivity contribution in [3.63, 3.8) is 0 Å². The smallest absolute Gasteiger partial charge is 0.266 e. The third-order valence-electron chi connectivity index (χ3n) is 5.44. The highest BCUT2D eigenvalue weighted by molar-refractivity contribution is 9.10. The van der Waals surface area contributed by atoms with E-state index < -0.39 is 0 Å². The maximum absolute atomic E-state index is 13.2. The van der Waals surface area contributed by atoms with Crippen LogP contribution in [0.5, 0.6) is 5.75 Å². The summed E-state index contributed by atoms with van der Waals surface area (Å²) >= 11 is 10.4. The molecule has 0 N–H and O–H groups in total. The standard InChI is InChI=1S/C26H20BrN3O2S2/c27-20-8-9-23-22(14-20)19(17-29(23)11-12-32-21-6-2-1-3-7-21)13-24-25(31)30(26(33)34-24)16-18-5-4-10-28-15-18/h1-10,13-15,17H,11-12,16H2/b24-13-. The number of thiocarbonyl (C=S) groups is 1. The van der Waals surface area contributed by atoms with Gasteiger partial charge in [-0.2, -0.15) is 0 Å². The Balaban J connectivity index is 1.40. The Morgan fingerprint density at radius 2 is 1.97 bits per heavy atom. The van der Waals surface area contributed by atoms with Gasteiger partial charge in [-0.05, 0) is 48.0 Å². The topological polar surface area (TPSA) is 47.4 Å². The number of hydrogen-bond acceptors (Lipinski definition) is 5. The van der Waals surface area contributed by atoms with Crippen LogP contribution in [0.15, 0.2) is 88.6 Å². The van der Waals surface area contributed by atoms with Crippen LogP contribution in [0.2, 0.25) is 0 Å². The molecule has 0 aliphatic carbocycles. The second-order valence-corrected chi connectivity index (χ2v) is 10.3. The third-order valence-corrected chi connectivity index (χ3v) is 7.31. The van der Waals surface area contributed by atoms with Crippen LogP contribution >= 0.6 is 39.9 Å². The molecule has 5 nitrogen and oxygen atoms in total. The molecule has 0 saturated carbocycles. The number of nitrogens with zero attached hydrogens (tertiary/aromatic N) is 3. The van der Waals surface area contributed by atoms with Crippen molar-refractivity contribution < 1.29 is 9.53 Å². The predicted molar refractivity (Wildman–Crippen MR) is 145 cm³/mol. The fourth-order valence-corrected chi connectivity index (χ4v) is 5.43. The minimum atomic E-state index is -0.0813. The monoisotopic (exact) mass is 549 g/mol. The quantitative estimate of drug-likeness (QED) is 0.200. The fourth-order valence-electron chi connectivity index (χ4n) is 3.83. The Morgan fingerprint density at radius 3 is 2.76 bits per heavy atom. The zero-order valence-corrected chi connectivity index (χ0v) is 21.3. The number of halogens is 1. The van der Waals surface area contributed by atoms with Gasteiger partial charge in [-0.25, -0.2) is 0 Å². The highest BCUT2D eigenvalue weighted by Crippen LogP contribution is 2.35. The molecule has 2 aromatic heterocycles. The number of pyridine rings is 1. The van der Waals surface area contributed by atoms with Gasteiger partial charge in [-0.3, -0.25) is 14.7 Å². The molecule has 0 bridgehead atoms. The molecular weight excluding hydrogens is 530 g/mol. The maximum Gasteiger partial charge on any atom is 0.266 e. The van der Waals surface area contributed by atoms with Crippen LogP contribution in [-0.2, 0) is 17.9 Å². The van der Waals surface area contributed by atoms with E-state index in [1.807, 2.05) is 54.6 Å². The number of carbonyl (C=O) groups excluding carboxylic acids is 1. The van der Waals surface area contributed by atoms with Gasteiger partial charge in [0.05, 0.1) is 18.0 Å². The summed E-state index contributed by atoms with van der Waals surface area (Å²) in [6.07, 6.45) is 7.47. The van der Waals surface area contributed by atoms with Crippen LogP contribution in [-0.4, -0.2) is 31.3 Å². The van der Waals surface area contributed by atoms with Gasteiger partial charge in [0.25, 0.3) is 5.91 Å². The van der Waals surface area contributed by atoms with Gasteiger partial charge in [0.1, 0.15) is 16.7 Å². The minimum absolute atomic E-state index is 0.0813. The molecular formula is C26H20BrN3O2S2. The largest absolute Gasteiger partial charge is 0.492 e. The van der Waals surface area contributed by atoms with Crippen molar-refractivity contribution in [3.8, 4) is 5.75 Å². The molecule has 1 saturated heterocycles. The molecule has 5 rings (SSSR count). The lowest BCUT2D eigenvalue weighted by atomic mass is 10.1. The van der Waals surface area contributed by atoms with Crippen molar-refractivity contribution in [1.82, 2.24) is 14.5 Å². The molecule has 34 heavy (non-hydrogen) atoms. The summed E-state index contributed by atoms with van der Waals surface area (Å²) in [5.41, 5.74) is 2.99. The highest BCUT2D eigenvalue weighted by Gasteiger charge is 2.32. The van der Waals surface area contributed by atoms with E-state index in [4.69, 9.17) is 17.0 Å². The Bertz CT molecular complexity index is 1390. The van der Waals surface area contributed by atoms with Gasteiger partial charge in [0.2, 0.25) is 0 Å². The molecule has 8 heteroatoms. The predicted octanol–water partition coefficient (Wildman–Crippen LogP) is 6.28. The molecule has 170 valence electrons. The molecule has 0 atom stereocenters. The van der Waals surface area contributed by atoms with E-state index in [9.17, 15) is 4.79 Å². The van der Waals surface area contributed by atoms with Crippen molar-refractivity contribution in [2.24, 2.45) is 0 Å². The summed E-state index contributed by atoms with van der Waals surface area (Å²) < 4.78 is 9.59. The van der Waals surface area contributed by atoms with E-state index in [1.54, 1.807) is 17.3 Å². The SMILES string of the molecule is O=C1/C(=C/c2cn(CCOc3ccccc3)c3ccc(Br)cc23)SC(=S)N1Cc1cccnc1. The zero-order valence-electron chi connectivity index (χ0n) is 18.1. The average Bonchev–Trinajstić information content (AvgIpc) is 3.32. The lowest BCUT2D eigenvalue weighted by Crippen LogP contribution is -2.27.